The summed E-state index contributed by atoms with van der Waals surface area (Å²) in [5, 5.41) is 3.46. The fraction of sp³-hybridized carbons (Fsp3) is 0.429. The quantitative estimate of drug-likeness (QED) is 0.842. The van der Waals surface area contributed by atoms with Crippen LogP contribution in [0.25, 0.3) is 0 Å². The number of rotatable bonds is 2. The molecule has 1 N–H and O–H groups in total. The maximum atomic E-state index is 11.9. The molecule has 2 aliphatic rings. The molecule has 19 heavy (non-hydrogen) atoms. The van der Waals surface area contributed by atoms with Gasteiger partial charge in [-0.05, 0) is 36.8 Å². The van der Waals surface area contributed by atoms with Gasteiger partial charge in [-0.15, -0.1) is 0 Å². The Labute approximate surface area is 116 Å². The molecule has 0 saturated carbocycles. The molecule has 3 rings (SSSR count). The number of imide groups is 1. The Morgan fingerprint density at radius 1 is 1.26 bits per heavy atom. The normalized spacial score (nSPS) is 22.6. The van der Waals surface area contributed by atoms with E-state index in [1.807, 2.05) is 17.8 Å². The molecule has 0 aliphatic carbocycles. The Morgan fingerprint density at radius 2 is 2.05 bits per heavy atom. The summed E-state index contributed by atoms with van der Waals surface area (Å²) in [6.07, 6.45) is 2.39. The van der Waals surface area contributed by atoms with Crippen molar-refractivity contribution in [1.82, 2.24) is 4.90 Å². The minimum Gasteiger partial charge on any atom is -0.381 e. The van der Waals surface area contributed by atoms with Crippen molar-refractivity contribution in [1.29, 1.82) is 0 Å². The zero-order valence-corrected chi connectivity index (χ0v) is 11.6. The third kappa shape index (κ3) is 2.23. The van der Waals surface area contributed by atoms with Crippen LogP contribution in [0, 0.1) is 0 Å². The van der Waals surface area contributed by atoms with Crippen LogP contribution in [-0.4, -0.2) is 41.3 Å². The summed E-state index contributed by atoms with van der Waals surface area (Å²) in [6.45, 7) is 0. The summed E-state index contributed by atoms with van der Waals surface area (Å²) in [6, 6.07) is 5.90. The Kier molecular flexibility index (Phi) is 3.22. The van der Waals surface area contributed by atoms with Gasteiger partial charge in [0.1, 0.15) is 0 Å². The van der Waals surface area contributed by atoms with Gasteiger partial charge < -0.3 is 5.32 Å². The van der Waals surface area contributed by atoms with Crippen molar-refractivity contribution in [2.24, 2.45) is 0 Å². The van der Waals surface area contributed by atoms with Gasteiger partial charge in [-0.25, -0.2) is 0 Å². The van der Waals surface area contributed by atoms with Crippen molar-refractivity contribution >= 4 is 29.3 Å². The van der Waals surface area contributed by atoms with Crippen molar-refractivity contribution in [2.45, 2.75) is 18.9 Å². The van der Waals surface area contributed by atoms with Crippen LogP contribution >= 0.6 is 11.8 Å². The monoisotopic (exact) mass is 276 g/mol. The third-order valence-corrected chi connectivity index (χ3v) is 4.84. The molecule has 1 atom stereocenters. The van der Waals surface area contributed by atoms with Crippen LogP contribution in [0.1, 0.15) is 33.6 Å². The molecule has 1 aromatic carbocycles. The zero-order valence-electron chi connectivity index (χ0n) is 10.8. The minimum absolute atomic E-state index is 0.207. The third-order valence-electron chi connectivity index (χ3n) is 3.62. The van der Waals surface area contributed by atoms with Crippen molar-refractivity contribution < 1.29 is 9.59 Å². The Balaban J connectivity index is 1.82. The average Bonchev–Trinajstić information content (AvgIpc) is 2.65. The SMILES string of the molecule is CN1C(=O)c2ccc(NC3CCCSC3)cc2C1=O. The Bertz CT molecular complexity index is 538. The van der Waals surface area contributed by atoms with Gasteiger partial charge in [-0.3, -0.25) is 14.5 Å². The molecule has 1 saturated heterocycles. The minimum atomic E-state index is -0.209. The molecule has 100 valence electrons. The van der Waals surface area contributed by atoms with Gasteiger partial charge in [0.05, 0.1) is 11.1 Å². The number of anilines is 1. The van der Waals surface area contributed by atoms with Gasteiger partial charge in [-0.2, -0.15) is 11.8 Å². The van der Waals surface area contributed by atoms with Crippen LogP contribution in [0.4, 0.5) is 5.69 Å². The summed E-state index contributed by atoms with van der Waals surface area (Å²) in [5.41, 5.74) is 1.96. The van der Waals surface area contributed by atoms with E-state index >= 15 is 0 Å². The first-order valence-electron chi connectivity index (χ1n) is 6.47. The van der Waals surface area contributed by atoms with Crippen LogP contribution in [-0.2, 0) is 0 Å². The number of thioether (sulfide) groups is 1. The molecule has 0 bridgehead atoms. The number of hydrogen-bond acceptors (Lipinski definition) is 4. The lowest BCUT2D eigenvalue weighted by atomic mass is 10.1. The van der Waals surface area contributed by atoms with Crippen molar-refractivity contribution in [3.8, 4) is 0 Å². The van der Waals surface area contributed by atoms with E-state index in [-0.39, 0.29) is 11.8 Å². The highest BCUT2D eigenvalue weighted by atomic mass is 32.2. The molecule has 4 nitrogen and oxygen atoms in total. The van der Waals surface area contributed by atoms with E-state index in [1.165, 1.54) is 24.1 Å². The molecule has 1 unspecified atom stereocenters. The summed E-state index contributed by atoms with van der Waals surface area (Å²) >= 11 is 1.96. The van der Waals surface area contributed by atoms with E-state index in [1.54, 1.807) is 12.1 Å². The molecule has 0 radical (unpaired) electrons. The number of carbonyl (C=O) groups is 2. The van der Waals surface area contributed by atoms with E-state index < -0.39 is 0 Å². The average molecular weight is 276 g/mol. The van der Waals surface area contributed by atoms with Crippen molar-refractivity contribution in [2.75, 3.05) is 23.9 Å². The van der Waals surface area contributed by atoms with Gasteiger partial charge in [-0.1, -0.05) is 0 Å². The number of amides is 2. The van der Waals surface area contributed by atoms with E-state index in [4.69, 9.17) is 0 Å². The van der Waals surface area contributed by atoms with Crippen LogP contribution < -0.4 is 5.32 Å². The smallest absolute Gasteiger partial charge is 0.261 e. The number of benzene rings is 1. The highest BCUT2D eigenvalue weighted by molar-refractivity contribution is 7.99. The van der Waals surface area contributed by atoms with Gasteiger partial charge in [0, 0.05) is 24.5 Å². The first-order chi connectivity index (χ1) is 9.16. The standard InChI is InChI=1S/C14H16N2O2S/c1-16-13(17)11-5-4-9(7-12(11)14(16)18)15-10-3-2-6-19-8-10/h4-5,7,10,15H,2-3,6,8H2,1H3. The topological polar surface area (TPSA) is 49.4 Å². The lowest BCUT2D eigenvalue weighted by molar-refractivity contribution is 0.0693. The second-order valence-electron chi connectivity index (χ2n) is 4.99. The van der Waals surface area contributed by atoms with E-state index in [0.29, 0.717) is 17.2 Å². The number of nitrogens with zero attached hydrogens (tertiary/aromatic N) is 1. The van der Waals surface area contributed by atoms with Gasteiger partial charge in [0.15, 0.2) is 0 Å². The summed E-state index contributed by atoms with van der Waals surface area (Å²) in [5.74, 6) is 1.92. The number of carbonyl (C=O) groups excluding carboxylic acids is 2. The van der Waals surface area contributed by atoms with E-state index in [2.05, 4.69) is 5.32 Å². The van der Waals surface area contributed by atoms with Crippen LogP contribution in [0.15, 0.2) is 18.2 Å². The van der Waals surface area contributed by atoms with Crippen molar-refractivity contribution in [3.05, 3.63) is 29.3 Å². The molecule has 2 aliphatic heterocycles. The van der Waals surface area contributed by atoms with Crippen LogP contribution in [0.2, 0.25) is 0 Å². The Hall–Kier alpha value is -1.49. The molecular weight excluding hydrogens is 260 g/mol. The number of fused-ring (bicyclic) bond motifs is 1. The highest BCUT2D eigenvalue weighted by Crippen LogP contribution is 2.26. The molecule has 1 fully saturated rings. The maximum absolute atomic E-state index is 11.9. The maximum Gasteiger partial charge on any atom is 0.261 e. The summed E-state index contributed by atoms with van der Waals surface area (Å²) in [7, 11) is 1.52. The highest BCUT2D eigenvalue weighted by Gasteiger charge is 2.32. The fourth-order valence-corrected chi connectivity index (χ4v) is 3.61. The largest absolute Gasteiger partial charge is 0.381 e. The first kappa shape index (κ1) is 12.5. The van der Waals surface area contributed by atoms with Crippen LogP contribution in [0.5, 0.6) is 0 Å². The van der Waals surface area contributed by atoms with E-state index in [0.717, 1.165) is 17.9 Å². The summed E-state index contributed by atoms with van der Waals surface area (Å²) in [4.78, 5) is 24.9. The van der Waals surface area contributed by atoms with Gasteiger partial charge in [0.25, 0.3) is 11.8 Å². The zero-order chi connectivity index (χ0) is 13.4. The molecule has 2 heterocycles. The molecule has 0 aromatic heterocycles. The van der Waals surface area contributed by atoms with Crippen molar-refractivity contribution in [3.63, 3.8) is 0 Å². The Morgan fingerprint density at radius 3 is 2.79 bits per heavy atom. The molecule has 0 spiro atoms. The predicted molar refractivity (Wildman–Crippen MR) is 76.8 cm³/mol. The first-order valence-corrected chi connectivity index (χ1v) is 7.63. The second-order valence-corrected chi connectivity index (χ2v) is 6.14. The molecular formula is C14H16N2O2S. The second kappa shape index (κ2) is 4.89. The number of nitrogens with one attached hydrogen (secondary N) is 1. The number of hydrogen-bond donors (Lipinski definition) is 1. The molecule has 5 heteroatoms. The van der Waals surface area contributed by atoms with E-state index in [9.17, 15) is 9.59 Å². The van der Waals surface area contributed by atoms with Gasteiger partial charge >= 0.3 is 0 Å². The molecule has 2 amide bonds. The lowest BCUT2D eigenvalue weighted by Gasteiger charge is -2.23. The summed E-state index contributed by atoms with van der Waals surface area (Å²) < 4.78 is 0. The van der Waals surface area contributed by atoms with Crippen LogP contribution in [0.3, 0.4) is 0 Å². The lowest BCUT2D eigenvalue weighted by Crippen LogP contribution is -2.25. The fourth-order valence-electron chi connectivity index (χ4n) is 2.54. The predicted octanol–water partition coefficient (Wildman–Crippen LogP) is 2.22. The van der Waals surface area contributed by atoms with Gasteiger partial charge in [0.2, 0.25) is 0 Å². The molecule has 1 aromatic rings.